The van der Waals surface area contributed by atoms with Crippen molar-refractivity contribution in [3.63, 3.8) is 0 Å². The first kappa shape index (κ1) is 19.5. The molecular formula is C21H26N2O3. The molecule has 0 saturated carbocycles. The maximum absolute atomic E-state index is 13.1. The molecular weight excluding hydrogens is 328 g/mol. The molecule has 138 valence electrons. The summed E-state index contributed by atoms with van der Waals surface area (Å²) in [6, 6.07) is 14.8. The van der Waals surface area contributed by atoms with E-state index in [0.717, 1.165) is 11.3 Å². The molecule has 0 unspecified atom stereocenters. The van der Waals surface area contributed by atoms with Crippen molar-refractivity contribution < 1.29 is 14.3 Å². The van der Waals surface area contributed by atoms with E-state index in [4.69, 9.17) is 4.74 Å². The van der Waals surface area contributed by atoms with Crippen molar-refractivity contribution in [2.45, 2.75) is 27.7 Å². The predicted molar refractivity (Wildman–Crippen MR) is 105 cm³/mol. The Morgan fingerprint density at radius 3 is 2.42 bits per heavy atom. The number of methoxy groups -OCH3 is 1. The zero-order valence-corrected chi connectivity index (χ0v) is 16.0. The van der Waals surface area contributed by atoms with Crippen LogP contribution in [0, 0.1) is 12.3 Å². The van der Waals surface area contributed by atoms with E-state index in [9.17, 15) is 9.59 Å². The Labute approximate surface area is 155 Å². The Kier molecular flexibility index (Phi) is 6.03. The van der Waals surface area contributed by atoms with Gasteiger partial charge in [-0.1, -0.05) is 24.3 Å². The van der Waals surface area contributed by atoms with Crippen LogP contribution in [0.1, 0.15) is 26.3 Å². The Morgan fingerprint density at radius 2 is 1.81 bits per heavy atom. The fourth-order valence-corrected chi connectivity index (χ4v) is 2.70. The van der Waals surface area contributed by atoms with Crippen molar-refractivity contribution >= 4 is 23.2 Å². The van der Waals surface area contributed by atoms with Gasteiger partial charge in [0.25, 0.3) is 0 Å². The van der Waals surface area contributed by atoms with Crippen molar-refractivity contribution in [3.8, 4) is 5.75 Å². The highest BCUT2D eigenvalue weighted by molar-refractivity contribution is 6.15. The highest BCUT2D eigenvalue weighted by Crippen LogP contribution is 2.29. The summed E-state index contributed by atoms with van der Waals surface area (Å²) in [6.07, 6.45) is 0. The number of para-hydroxylation sites is 2. The van der Waals surface area contributed by atoms with Gasteiger partial charge in [0.15, 0.2) is 0 Å². The number of hydrogen-bond donors (Lipinski definition) is 1. The van der Waals surface area contributed by atoms with Gasteiger partial charge < -0.3 is 15.0 Å². The number of nitrogens with zero attached hydrogens (tertiary/aromatic N) is 1. The molecule has 0 aliphatic heterocycles. The van der Waals surface area contributed by atoms with Crippen LogP contribution in [0.15, 0.2) is 48.5 Å². The summed E-state index contributed by atoms with van der Waals surface area (Å²) in [7, 11) is 1.54. The number of rotatable bonds is 6. The van der Waals surface area contributed by atoms with Gasteiger partial charge in [0.2, 0.25) is 11.8 Å². The minimum Gasteiger partial charge on any atom is -0.495 e. The number of hydrogen-bond acceptors (Lipinski definition) is 3. The lowest BCUT2D eigenvalue weighted by molar-refractivity contribution is -0.136. The fraction of sp³-hybridized carbons (Fsp3) is 0.333. The number of anilines is 2. The molecule has 5 nitrogen and oxygen atoms in total. The van der Waals surface area contributed by atoms with Crippen LogP contribution < -0.4 is 15.0 Å². The molecule has 0 heterocycles. The first-order chi connectivity index (χ1) is 12.3. The molecule has 2 aromatic carbocycles. The first-order valence-corrected chi connectivity index (χ1v) is 8.64. The van der Waals surface area contributed by atoms with E-state index >= 15 is 0 Å². The van der Waals surface area contributed by atoms with Gasteiger partial charge in [0, 0.05) is 12.2 Å². The maximum atomic E-state index is 13.1. The summed E-state index contributed by atoms with van der Waals surface area (Å²) in [5.74, 6) is -0.0776. The van der Waals surface area contributed by atoms with Crippen LogP contribution in [-0.2, 0) is 9.59 Å². The molecule has 0 radical (unpaired) electrons. The Balaban J connectivity index is 2.26. The molecule has 0 aliphatic rings. The van der Waals surface area contributed by atoms with E-state index in [1.807, 2.05) is 44.2 Å². The first-order valence-electron chi connectivity index (χ1n) is 8.64. The highest BCUT2D eigenvalue weighted by Gasteiger charge is 2.39. The van der Waals surface area contributed by atoms with Crippen LogP contribution in [0.4, 0.5) is 11.4 Å². The van der Waals surface area contributed by atoms with Gasteiger partial charge >= 0.3 is 0 Å². The zero-order valence-electron chi connectivity index (χ0n) is 16.0. The molecule has 2 rings (SSSR count). The van der Waals surface area contributed by atoms with Gasteiger partial charge in [-0.05, 0) is 57.5 Å². The van der Waals surface area contributed by atoms with Crippen LogP contribution in [0.2, 0.25) is 0 Å². The number of carbonyl (C=O) groups is 2. The minimum atomic E-state index is -1.24. The summed E-state index contributed by atoms with van der Waals surface area (Å²) >= 11 is 0. The number of ether oxygens (including phenoxy) is 1. The van der Waals surface area contributed by atoms with E-state index in [-0.39, 0.29) is 11.8 Å². The predicted octanol–water partition coefficient (Wildman–Crippen LogP) is 4.02. The molecule has 0 aliphatic carbocycles. The molecule has 0 fully saturated rings. The quantitative estimate of drug-likeness (QED) is 0.797. The van der Waals surface area contributed by atoms with Gasteiger partial charge in [0.1, 0.15) is 11.2 Å². The largest absolute Gasteiger partial charge is 0.495 e. The summed E-state index contributed by atoms with van der Waals surface area (Å²) in [5, 5.41) is 2.81. The number of carbonyl (C=O) groups excluding carboxylic acids is 2. The summed E-state index contributed by atoms with van der Waals surface area (Å²) in [4.78, 5) is 27.6. The number of benzene rings is 2. The molecule has 2 aromatic rings. The monoisotopic (exact) mass is 354 g/mol. The second kappa shape index (κ2) is 8.04. The van der Waals surface area contributed by atoms with Crippen LogP contribution in [0.25, 0.3) is 0 Å². The minimum absolute atomic E-state index is 0.252. The average molecular weight is 354 g/mol. The average Bonchev–Trinajstić information content (AvgIpc) is 2.62. The smallest absolute Gasteiger partial charge is 0.242 e. The van der Waals surface area contributed by atoms with Crippen LogP contribution >= 0.6 is 0 Å². The van der Waals surface area contributed by atoms with Crippen LogP contribution in [0.5, 0.6) is 5.75 Å². The van der Waals surface area contributed by atoms with Gasteiger partial charge in [0.05, 0.1) is 12.8 Å². The summed E-state index contributed by atoms with van der Waals surface area (Å²) in [6.45, 7) is 7.63. The molecule has 0 spiro atoms. The second-order valence-corrected chi connectivity index (χ2v) is 6.67. The van der Waals surface area contributed by atoms with Crippen molar-refractivity contribution in [2.24, 2.45) is 5.41 Å². The second-order valence-electron chi connectivity index (χ2n) is 6.67. The standard InChI is InChI=1S/C21H26N2O3/c1-6-23(16-11-9-10-15(2)14-16)20(25)21(3,4)19(24)22-17-12-7-8-13-18(17)26-5/h7-14H,6H2,1-5H3,(H,22,24). The van der Waals surface area contributed by atoms with Crippen molar-refractivity contribution in [3.05, 3.63) is 54.1 Å². The maximum Gasteiger partial charge on any atom is 0.242 e. The van der Waals surface area contributed by atoms with E-state index in [2.05, 4.69) is 5.32 Å². The number of amides is 2. The molecule has 1 N–H and O–H groups in total. The lowest BCUT2D eigenvalue weighted by atomic mass is 9.89. The number of aryl methyl sites for hydroxylation is 1. The number of nitrogens with one attached hydrogen (secondary N) is 1. The van der Waals surface area contributed by atoms with Crippen molar-refractivity contribution in [1.29, 1.82) is 0 Å². The molecule has 2 amide bonds. The Hall–Kier alpha value is -2.82. The highest BCUT2D eigenvalue weighted by atomic mass is 16.5. The van der Waals surface area contributed by atoms with E-state index in [1.54, 1.807) is 36.9 Å². The van der Waals surface area contributed by atoms with Crippen LogP contribution in [-0.4, -0.2) is 25.5 Å². The van der Waals surface area contributed by atoms with Gasteiger partial charge in [-0.15, -0.1) is 0 Å². The Bertz CT molecular complexity index is 799. The van der Waals surface area contributed by atoms with Crippen molar-refractivity contribution in [1.82, 2.24) is 0 Å². The van der Waals surface area contributed by atoms with Crippen molar-refractivity contribution in [2.75, 3.05) is 23.9 Å². The van der Waals surface area contributed by atoms with Crippen LogP contribution in [0.3, 0.4) is 0 Å². The SMILES string of the molecule is CCN(C(=O)C(C)(C)C(=O)Nc1ccccc1OC)c1cccc(C)c1. The zero-order chi connectivity index (χ0) is 19.3. The van der Waals surface area contributed by atoms with Gasteiger partial charge in [-0.3, -0.25) is 9.59 Å². The molecule has 0 saturated heterocycles. The third kappa shape index (κ3) is 4.04. The topological polar surface area (TPSA) is 58.6 Å². The van der Waals surface area contributed by atoms with E-state index in [1.165, 1.54) is 7.11 Å². The fourth-order valence-electron chi connectivity index (χ4n) is 2.70. The molecule has 5 heteroatoms. The van der Waals surface area contributed by atoms with Gasteiger partial charge in [-0.2, -0.15) is 0 Å². The third-order valence-corrected chi connectivity index (χ3v) is 4.33. The molecule has 26 heavy (non-hydrogen) atoms. The lowest BCUT2D eigenvalue weighted by Crippen LogP contribution is -2.47. The molecule has 0 bridgehead atoms. The third-order valence-electron chi connectivity index (χ3n) is 4.33. The van der Waals surface area contributed by atoms with Gasteiger partial charge in [-0.25, -0.2) is 0 Å². The lowest BCUT2D eigenvalue weighted by Gasteiger charge is -2.30. The normalized spacial score (nSPS) is 11.0. The summed E-state index contributed by atoms with van der Waals surface area (Å²) in [5.41, 5.74) is 1.15. The van der Waals surface area contributed by atoms with E-state index < -0.39 is 5.41 Å². The summed E-state index contributed by atoms with van der Waals surface area (Å²) < 4.78 is 5.26. The van der Waals surface area contributed by atoms with E-state index in [0.29, 0.717) is 18.0 Å². The molecule has 0 aromatic heterocycles. The molecule has 0 atom stereocenters. The Morgan fingerprint density at radius 1 is 1.12 bits per heavy atom.